The molecule has 0 heterocycles. The van der Waals surface area contributed by atoms with Crippen LogP contribution in [-0.4, -0.2) is 0 Å². The highest BCUT2D eigenvalue weighted by atomic mass is 31.1. The summed E-state index contributed by atoms with van der Waals surface area (Å²) in [5.74, 6) is 0. The van der Waals surface area contributed by atoms with E-state index in [1.807, 2.05) is 0 Å². The third-order valence-electron chi connectivity index (χ3n) is 8.85. The smallest absolute Gasteiger partial charge is 0.00566 e. The molecule has 5 aromatic rings. The van der Waals surface area contributed by atoms with E-state index in [0.29, 0.717) is 0 Å². The first kappa shape index (κ1) is 26.2. The highest BCUT2D eigenvalue weighted by molar-refractivity contribution is 7.80. The molecular formula is C40H37P. The Bertz CT molecular complexity index is 1630. The van der Waals surface area contributed by atoms with Crippen molar-refractivity contribution in [3.8, 4) is 11.1 Å². The molecular weight excluding hydrogens is 511 g/mol. The molecule has 41 heavy (non-hydrogen) atoms. The van der Waals surface area contributed by atoms with Crippen LogP contribution in [0.4, 0.5) is 0 Å². The zero-order valence-electron chi connectivity index (χ0n) is 23.7. The SMILES string of the molecule is C(=C/c1ccc2c(c1-c1c(P(c3ccccc3)c3ccccc3)ccc3c1CCCC3)CCCC2)/c1ccccc1. The van der Waals surface area contributed by atoms with Crippen LogP contribution in [0.25, 0.3) is 23.3 Å². The first-order valence-electron chi connectivity index (χ1n) is 15.3. The van der Waals surface area contributed by atoms with Crippen LogP contribution in [0, 0.1) is 0 Å². The molecule has 0 fully saturated rings. The maximum absolute atomic E-state index is 2.51. The molecule has 0 amide bonds. The van der Waals surface area contributed by atoms with Crippen LogP contribution < -0.4 is 15.9 Å². The van der Waals surface area contributed by atoms with E-state index in [1.54, 1.807) is 27.8 Å². The van der Waals surface area contributed by atoms with E-state index in [9.17, 15) is 0 Å². The van der Waals surface area contributed by atoms with Crippen molar-refractivity contribution in [2.24, 2.45) is 0 Å². The summed E-state index contributed by atoms with van der Waals surface area (Å²) < 4.78 is 0. The molecule has 0 atom stereocenters. The summed E-state index contributed by atoms with van der Waals surface area (Å²) in [4.78, 5) is 0. The number of rotatable bonds is 6. The summed E-state index contributed by atoms with van der Waals surface area (Å²) in [5.41, 5.74) is 12.0. The summed E-state index contributed by atoms with van der Waals surface area (Å²) in [7, 11) is -0.708. The van der Waals surface area contributed by atoms with Gasteiger partial charge in [0.2, 0.25) is 0 Å². The van der Waals surface area contributed by atoms with Gasteiger partial charge in [-0.05, 0) is 120 Å². The molecule has 0 bridgehead atoms. The third-order valence-corrected chi connectivity index (χ3v) is 11.3. The highest BCUT2D eigenvalue weighted by Crippen LogP contribution is 2.45. The fourth-order valence-corrected chi connectivity index (χ4v) is 9.38. The average Bonchev–Trinajstić information content (AvgIpc) is 3.05. The van der Waals surface area contributed by atoms with Crippen molar-refractivity contribution in [1.82, 2.24) is 0 Å². The second-order valence-electron chi connectivity index (χ2n) is 11.4. The van der Waals surface area contributed by atoms with E-state index in [4.69, 9.17) is 0 Å². The second-order valence-corrected chi connectivity index (χ2v) is 13.6. The van der Waals surface area contributed by atoms with Crippen molar-refractivity contribution in [2.75, 3.05) is 0 Å². The molecule has 0 unspecified atom stereocenters. The summed E-state index contributed by atoms with van der Waals surface area (Å²) in [5, 5.41) is 4.38. The van der Waals surface area contributed by atoms with Crippen molar-refractivity contribution in [1.29, 1.82) is 0 Å². The highest BCUT2D eigenvalue weighted by Gasteiger charge is 2.28. The molecule has 0 N–H and O–H groups in total. The molecule has 202 valence electrons. The number of fused-ring (bicyclic) bond motifs is 2. The molecule has 0 spiro atoms. The third kappa shape index (κ3) is 5.35. The topological polar surface area (TPSA) is 0 Å². The van der Waals surface area contributed by atoms with E-state index in [0.717, 1.165) is 0 Å². The zero-order chi connectivity index (χ0) is 27.4. The normalized spacial score (nSPS) is 14.7. The Morgan fingerprint density at radius 2 is 0.951 bits per heavy atom. The molecule has 0 nitrogen and oxygen atoms in total. The van der Waals surface area contributed by atoms with Gasteiger partial charge in [0.1, 0.15) is 0 Å². The van der Waals surface area contributed by atoms with Crippen LogP contribution in [0.1, 0.15) is 59.1 Å². The summed E-state index contributed by atoms with van der Waals surface area (Å²) in [6.07, 6.45) is 14.6. The van der Waals surface area contributed by atoms with Gasteiger partial charge in [0.05, 0.1) is 0 Å². The Kier molecular flexibility index (Phi) is 7.68. The minimum absolute atomic E-state index is 0.708. The van der Waals surface area contributed by atoms with Gasteiger partial charge >= 0.3 is 0 Å². The van der Waals surface area contributed by atoms with Gasteiger partial charge in [-0.15, -0.1) is 0 Å². The van der Waals surface area contributed by atoms with Crippen molar-refractivity contribution < 1.29 is 0 Å². The first-order valence-corrected chi connectivity index (χ1v) is 16.6. The molecule has 5 aromatic carbocycles. The van der Waals surface area contributed by atoms with Gasteiger partial charge < -0.3 is 0 Å². The predicted molar refractivity (Wildman–Crippen MR) is 179 cm³/mol. The van der Waals surface area contributed by atoms with Crippen molar-refractivity contribution >= 4 is 36.0 Å². The second kappa shape index (κ2) is 12.0. The Morgan fingerprint density at radius 1 is 0.439 bits per heavy atom. The molecule has 1 heteroatoms. The Labute approximate surface area is 246 Å². The summed E-state index contributed by atoms with van der Waals surface area (Å²) >= 11 is 0. The van der Waals surface area contributed by atoms with Gasteiger partial charge in [-0.25, -0.2) is 0 Å². The van der Waals surface area contributed by atoms with E-state index >= 15 is 0 Å². The standard InChI is InChI=1S/C40H37P/c1-4-14-30(15-5-1)24-25-33-27-26-31-16-10-12-22-36(31)39(33)40-37-23-13-11-17-32(37)28-29-38(40)41(34-18-6-2-7-19-34)35-20-8-3-9-21-35/h1-9,14-15,18-21,24-29H,10-13,16-17,22-23H2/b25-24-. The lowest BCUT2D eigenvalue weighted by molar-refractivity contribution is 0.682. The van der Waals surface area contributed by atoms with Crippen molar-refractivity contribution in [2.45, 2.75) is 51.4 Å². The van der Waals surface area contributed by atoms with E-state index in [2.05, 4.69) is 127 Å². The van der Waals surface area contributed by atoms with E-state index in [1.165, 1.54) is 84.0 Å². The van der Waals surface area contributed by atoms with Gasteiger partial charge in [0, 0.05) is 0 Å². The predicted octanol–water partition coefficient (Wildman–Crippen LogP) is 9.04. The molecule has 0 saturated heterocycles. The lowest BCUT2D eigenvalue weighted by Gasteiger charge is -2.31. The number of aryl methyl sites for hydroxylation is 2. The van der Waals surface area contributed by atoms with Crippen LogP contribution in [0.5, 0.6) is 0 Å². The van der Waals surface area contributed by atoms with E-state index < -0.39 is 7.92 Å². The van der Waals surface area contributed by atoms with Crippen LogP contribution in [0.2, 0.25) is 0 Å². The molecule has 2 aliphatic rings. The quantitative estimate of drug-likeness (QED) is 0.147. The largest absolute Gasteiger partial charge is 0.0622 e. The molecule has 0 aliphatic heterocycles. The maximum atomic E-state index is 2.51. The molecule has 0 aromatic heterocycles. The molecule has 0 radical (unpaired) electrons. The zero-order valence-corrected chi connectivity index (χ0v) is 24.6. The fraction of sp³-hybridized carbons (Fsp3) is 0.200. The summed E-state index contributed by atoms with van der Waals surface area (Å²) in [6.45, 7) is 0. The van der Waals surface area contributed by atoms with Crippen LogP contribution in [0.15, 0.2) is 115 Å². The first-order chi connectivity index (χ1) is 20.4. The number of hydrogen-bond donors (Lipinski definition) is 0. The minimum Gasteiger partial charge on any atom is -0.0622 e. The monoisotopic (exact) mass is 548 g/mol. The molecule has 2 aliphatic carbocycles. The van der Waals surface area contributed by atoms with Crippen molar-refractivity contribution in [3.63, 3.8) is 0 Å². The summed E-state index contributed by atoms with van der Waals surface area (Å²) in [6, 6.07) is 43.1. The van der Waals surface area contributed by atoms with Gasteiger partial charge in [0.15, 0.2) is 0 Å². The number of hydrogen-bond acceptors (Lipinski definition) is 0. The van der Waals surface area contributed by atoms with Crippen LogP contribution in [-0.2, 0) is 25.7 Å². The Balaban J connectivity index is 1.52. The molecule has 0 saturated carbocycles. The van der Waals surface area contributed by atoms with Gasteiger partial charge in [-0.2, -0.15) is 0 Å². The van der Waals surface area contributed by atoms with Crippen molar-refractivity contribution in [3.05, 3.63) is 149 Å². The lowest BCUT2D eigenvalue weighted by Crippen LogP contribution is -2.25. The van der Waals surface area contributed by atoms with Gasteiger partial charge in [-0.1, -0.05) is 127 Å². The van der Waals surface area contributed by atoms with Crippen LogP contribution in [0.3, 0.4) is 0 Å². The van der Waals surface area contributed by atoms with Crippen LogP contribution >= 0.6 is 7.92 Å². The average molecular weight is 549 g/mol. The van der Waals surface area contributed by atoms with E-state index in [-0.39, 0.29) is 0 Å². The van der Waals surface area contributed by atoms with Gasteiger partial charge in [0.25, 0.3) is 0 Å². The Hall–Kier alpha value is -3.73. The fourth-order valence-electron chi connectivity index (χ4n) is 6.89. The number of benzene rings is 5. The van der Waals surface area contributed by atoms with Gasteiger partial charge in [-0.3, -0.25) is 0 Å². The maximum Gasteiger partial charge on any atom is -0.00566 e. The minimum atomic E-state index is -0.708. The lowest BCUT2D eigenvalue weighted by atomic mass is 9.79. The Morgan fingerprint density at radius 3 is 1.56 bits per heavy atom. The molecule has 7 rings (SSSR count).